The number of esters is 1. The van der Waals surface area contributed by atoms with Gasteiger partial charge >= 0.3 is 5.97 Å². The van der Waals surface area contributed by atoms with E-state index in [1.807, 2.05) is 18.2 Å². The van der Waals surface area contributed by atoms with Crippen molar-refractivity contribution in [2.45, 2.75) is 19.5 Å². The first-order valence-electron chi connectivity index (χ1n) is 8.13. The molecule has 0 aliphatic carbocycles. The van der Waals surface area contributed by atoms with Crippen LogP contribution in [0.5, 0.6) is 11.5 Å². The summed E-state index contributed by atoms with van der Waals surface area (Å²) in [4.78, 5) is 14.0. The van der Waals surface area contributed by atoms with Crippen molar-refractivity contribution in [3.8, 4) is 22.8 Å². The van der Waals surface area contributed by atoms with E-state index in [2.05, 4.69) is 11.9 Å². The van der Waals surface area contributed by atoms with E-state index >= 15 is 0 Å². The van der Waals surface area contributed by atoms with Crippen molar-refractivity contribution in [1.29, 1.82) is 0 Å². The molecule has 1 aliphatic heterocycles. The molecule has 0 N–H and O–H groups in total. The zero-order chi connectivity index (χ0) is 18.0. The third-order valence-electron chi connectivity index (χ3n) is 4.49. The largest absolute Gasteiger partial charge is 0.493 e. The quantitative estimate of drug-likeness (QED) is 0.769. The molecular formula is C18H23N3O4. The Kier molecular flexibility index (Phi) is 4.94. The van der Waals surface area contributed by atoms with Crippen LogP contribution in [0, 0.1) is 0 Å². The van der Waals surface area contributed by atoms with Gasteiger partial charge in [-0.2, -0.15) is 5.10 Å². The van der Waals surface area contributed by atoms with Gasteiger partial charge in [0.05, 0.1) is 27.0 Å². The fourth-order valence-electron chi connectivity index (χ4n) is 3.16. The lowest BCUT2D eigenvalue weighted by molar-refractivity contribution is -0.141. The van der Waals surface area contributed by atoms with Crippen LogP contribution in [0.4, 0.5) is 0 Å². The maximum atomic E-state index is 11.7. The summed E-state index contributed by atoms with van der Waals surface area (Å²) in [6.45, 7) is 1.85. The molecule has 0 fully saturated rings. The molecule has 2 heterocycles. The molecule has 0 saturated heterocycles. The Morgan fingerprint density at radius 1 is 1.20 bits per heavy atom. The summed E-state index contributed by atoms with van der Waals surface area (Å²) in [5, 5.41) is 4.71. The number of nitrogens with zero attached hydrogens (tertiary/aromatic N) is 3. The lowest BCUT2D eigenvalue weighted by Gasteiger charge is -2.23. The topological polar surface area (TPSA) is 65.8 Å². The minimum atomic E-state index is -0.303. The molecule has 1 aliphatic rings. The number of rotatable bonds is 5. The number of hydrogen-bond acceptors (Lipinski definition) is 6. The molecule has 3 rings (SSSR count). The van der Waals surface area contributed by atoms with E-state index in [0.29, 0.717) is 11.5 Å². The number of carbonyl (C=O) groups is 1. The average Bonchev–Trinajstić information content (AvgIpc) is 2.98. The van der Waals surface area contributed by atoms with Gasteiger partial charge in [-0.3, -0.25) is 9.48 Å². The fraction of sp³-hybridized carbons (Fsp3) is 0.444. The van der Waals surface area contributed by atoms with Gasteiger partial charge in [0.15, 0.2) is 11.5 Å². The van der Waals surface area contributed by atoms with Gasteiger partial charge in [0.1, 0.15) is 6.54 Å². The Bertz CT molecular complexity index is 785. The summed E-state index contributed by atoms with van der Waals surface area (Å²) in [6, 6.07) is 5.74. The van der Waals surface area contributed by atoms with Crippen molar-refractivity contribution >= 4 is 5.97 Å². The van der Waals surface area contributed by atoms with Crippen molar-refractivity contribution in [2.24, 2.45) is 0 Å². The molecule has 1 aromatic carbocycles. The van der Waals surface area contributed by atoms with Crippen LogP contribution >= 0.6 is 0 Å². The summed E-state index contributed by atoms with van der Waals surface area (Å²) in [5.74, 6) is 1.02. The first-order chi connectivity index (χ1) is 12.1. The third-order valence-corrected chi connectivity index (χ3v) is 4.49. The predicted molar refractivity (Wildman–Crippen MR) is 92.8 cm³/mol. The zero-order valence-corrected chi connectivity index (χ0v) is 15.0. The van der Waals surface area contributed by atoms with Gasteiger partial charge in [-0.05, 0) is 25.2 Å². The normalized spacial score (nSPS) is 14.1. The number of carbonyl (C=O) groups excluding carboxylic acids is 1. The van der Waals surface area contributed by atoms with Crippen molar-refractivity contribution in [3.05, 3.63) is 29.5 Å². The Hall–Kier alpha value is -2.54. The Morgan fingerprint density at radius 2 is 1.96 bits per heavy atom. The molecule has 25 heavy (non-hydrogen) atoms. The molecule has 0 saturated carbocycles. The Balaban J connectivity index is 2.08. The molecule has 0 atom stereocenters. The Morgan fingerprint density at radius 3 is 2.64 bits per heavy atom. The summed E-state index contributed by atoms with van der Waals surface area (Å²) < 4.78 is 17.3. The van der Waals surface area contributed by atoms with E-state index < -0.39 is 0 Å². The first kappa shape index (κ1) is 17.3. The SMILES string of the molecule is COC(=O)Cn1nc(-c2ccc(OC)c(OC)c2)c2c1CCN(C)C2. The van der Waals surface area contributed by atoms with Crippen LogP contribution in [0.3, 0.4) is 0 Å². The van der Waals surface area contributed by atoms with Crippen LogP contribution in [-0.4, -0.2) is 55.6 Å². The van der Waals surface area contributed by atoms with Crippen molar-refractivity contribution in [1.82, 2.24) is 14.7 Å². The van der Waals surface area contributed by atoms with Crippen molar-refractivity contribution < 1.29 is 19.0 Å². The van der Waals surface area contributed by atoms with Crippen molar-refractivity contribution in [3.63, 3.8) is 0 Å². The molecule has 0 bridgehead atoms. The zero-order valence-electron chi connectivity index (χ0n) is 15.0. The lowest BCUT2D eigenvalue weighted by Crippen LogP contribution is -2.28. The van der Waals surface area contributed by atoms with Gasteiger partial charge < -0.3 is 19.1 Å². The highest BCUT2D eigenvalue weighted by Crippen LogP contribution is 2.35. The molecule has 134 valence electrons. The minimum absolute atomic E-state index is 0.121. The van der Waals surface area contributed by atoms with Gasteiger partial charge in [0.2, 0.25) is 0 Å². The van der Waals surface area contributed by atoms with Gasteiger partial charge in [-0.1, -0.05) is 0 Å². The molecule has 7 nitrogen and oxygen atoms in total. The maximum Gasteiger partial charge on any atom is 0.327 e. The van der Waals surface area contributed by atoms with Gasteiger partial charge in [-0.15, -0.1) is 0 Å². The van der Waals surface area contributed by atoms with Crippen LogP contribution in [0.2, 0.25) is 0 Å². The third kappa shape index (κ3) is 3.32. The molecule has 0 amide bonds. The smallest absolute Gasteiger partial charge is 0.327 e. The van der Waals surface area contributed by atoms with E-state index in [4.69, 9.17) is 19.3 Å². The molecule has 0 radical (unpaired) electrons. The van der Waals surface area contributed by atoms with Gasteiger partial charge in [0, 0.05) is 36.3 Å². The number of hydrogen-bond donors (Lipinski definition) is 0. The summed E-state index contributed by atoms with van der Waals surface area (Å²) >= 11 is 0. The van der Waals surface area contributed by atoms with E-state index in [1.54, 1.807) is 18.9 Å². The fourth-order valence-corrected chi connectivity index (χ4v) is 3.16. The second kappa shape index (κ2) is 7.14. The molecule has 1 aromatic heterocycles. The number of likely N-dealkylation sites (N-methyl/N-ethyl adjacent to an activating group) is 1. The molecule has 0 spiro atoms. The summed E-state index contributed by atoms with van der Waals surface area (Å²) in [7, 11) is 6.69. The molecule has 7 heteroatoms. The summed E-state index contributed by atoms with van der Waals surface area (Å²) in [6.07, 6.45) is 0.850. The second-order valence-corrected chi connectivity index (χ2v) is 6.07. The second-order valence-electron chi connectivity index (χ2n) is 6.07. The van der Waals surface area contributed by atoms with Crippen LogP contribution in [0.1, 0.15) is 11.3 Å². The van der Waals surface area contributed by atoms with E-state index in [1.165, 1.54) is 7.11 Å². The van der Waals surface area contributed by atoms with Gasteiger partial charge in [-0.25, -0.2) is 0 Å². The van der Waals surface area contributed by atoms with Crippen LogP contribution in [-0.2, 0) is 29.0 Å². The number of methoxy groups -OCH3 is 3. The molecule has 0 unspecified atom stereocenters. The van der Waals surface area contributed by atoms with E-state index in [9.17, 15) is 4.79 Å². The minimum Gasteiger partial charge on any atom is -0.493 e. The summed E-state index contributed by atoms with van der Waals surface area (Å²) in [5.41, 5.74) is 4.04. The standard InChI is InChI=1S/C18H23N3O4/c1-20-8-7-14-13(10-20)18(19-21(14)11-17(22)25-4)12-5-6-15(23-2)16(9-12)24-3/h5-6,9H,7-8,10-11H2,1-4H3. The highest BCUT2D eigenvalue weighted by Gasteiger charge is 2.25. The highest BCUT2D eigenvalue weighted by molar-refractivity contribution is 5.71. The predicted octanol–water partition coefficient (Wildman–Crippen LogP) is 1.73. The number of benzene rings is 1. The van der Waals surface area contributed by atoms with Crippen LogP contribution < -0.4 is 9.47 Å². The van der Waals surface area contributed by atoms with E-state index in [0.717, 1.165) is 42.0 Å². The highest BCUT2D eigenvalue weighted by atomic mass is 16.5. The maximum absolute atomic E-state index is 11.7. The van der Waals surface area contributed by atoms with E-state index in [-0.39, 0.29) is 12.5 Å². The Labute approximate surface area is 147 Å². The molecule has 2 aromatic rings. The first-order valence-corrected chi connectivity index (χ1v) is 8.13. The number of ether oxygens (including phenoxy) is 3. The van der Waals surface area contributed by atoms with Crippen LogP contribution in [0.25, 0.3) is 11.3 Å². The van der Waals surface area contributed by atoms with Crippen LogP contribution in [0.15, 0.2) is 18.2 Å². The number of aromatic nitrogens is 2. The van der Waals surface area contributed by atoms with Gasteiger partial charge in [0.25, 0.3) is 0 Å². The van der Waals surface area contributed by atoms with Crippen molar-refractivity contribution in [2.75, 3.05) is 34.9 Å². The monoisotopic (exact) mass is 345 g/mol. The molecular weight excluding hydrogens is 322 g/mol. The lowest BCUT2D eigenvalue weighted by atomic mass is 10.0. The number of fused-ring (bicyclic) bond motifs is 1. The average molecular weight is 345 g/mol.